The van der Waals surface area contributed by atoms with Crippen molar-refractivity contribution in [2.24, 2.45) is 11.8 Å². The maximum atomic E-state index is 12.2. The fraction of sp³-hybridized carbons (Fsp3) is 0.727. The smallest absolute Gasteiger partial charge is 0.244 e. The third-order valence-corrected chi connectivity index (χ3v) is 3.20. The fourth-order valence-electron chi connectivity index (χ4n) is 2.13. The highest BCUT2D eigenvalue weighted by atomic mass is 19.3. The number of allylic oxidation sites excluding steroid dienone is 2. The van der Waals surface area contributed by atoms with E-state index in [1.165, 1.54) is 0 Å². The second kappa shape index (κ2) is 4.29. The standard InChI is InChI=1S/C11H15F2NO/c12-10(13)9-6-14(7-9)11(15)8-4-2-1-3-5-8/h1-2,8-10H,3-7H2/t8-/m1/s1. The van der Waals surface area contributed by atoms with Gasteiger partial charge in [-0.1, -0.05) is 12.2 Å². The van der Waals surface area contributed by atoms with E-state index in [1.54, 1.807) is 4.90 Å². The van der Waals surface area contributed by atoms with Crippen molar-refractivity contribution in [3.8, 4) is 0 Å². The van der Waals surface area contributed by atoms with Gasteiger partial charge in [0.1, 0.15) is 0 Å². The van der Waals surface area contributed by atoms with Crippen molar-refractivity contribution in [1.82, 2.24) is 4.90 Å². The lowest BCUT2D eigenvalue weighted by molar-refractivity contribution is -0.146. The minimum absolute atomic E-state index is 0.0358. The zero-order valence-electron chi connectivity index (χ0n) is 8.53. The number of hydrogen-bond acceptors (Lipinski definition) is 1. The van der Waals surface area contributed by atoms with Crippen LogP contribution < -0.4 is 0 Å². The molecule has 1 atom stereocenters. The van der Waals surface area contributed by atoms with Crippen LogP contribution in [0.2, 0.25) is 0 Å². The van der Waals surface area contributed by atoms with Gasteiger partial charge in [-0.15, -0.1) is 0 Å². The number of amides is 1. The highest BCUT2D eigenvalue weighted by molar-refractivity contribution is 5.80. The molecule has 84 valence electrons. The van der Waals surface area contributed by atoms with E-state index in [4.69, 9.17) is 0 Å². The number of halogens is 2. The lowest BCUT2D eigenvalue weighted by Crippen LogP contribution is -2.54. The summed E-state index contributed by atoms with van der Waals surface area (Å²) in [5.74, 6) is -0.488. The Balaban J connectivity index is 1.81. The first-order chi connectivity index (χ1) is 7.18. The van der Waals surface area contributed by atoms with Crippen LogP contribution in [0.1, 0.15) is 19.3 Å². The Morgan fingerprint density at radius 1 is 1.33 bits per heavy atom. The lowest BCUT2D eigenvalue weighted by Gasteiger charge is -2.40. The Kier molecular flexibility index (Phi) is 3.03. The SMILES string of the molecule is O=C([C@@H]1CC=CCC1)N1CC(C(F)F)C1. The summed E-state index contributed by atoms with van der Waals surface area (Å²) in [6.45, 7) is 0.493. The number of rotatable bonds is 2. The first-order valence-electron chi connectivity index (χ1n) is 5.40. The summed E-state index contributed by atoms with van der Waals surface area (Å²) in [7, 11) is 0. The van der Waals surface area contributed by atoms with E-state index in [0.29, 0.717) is 0 Å². The molecule has 1 aliphatic heterocycles. The maximum absolute atomic E-state index is 12.2. The van der Waals surface area contributed by atoms with Gasteiger partial charge in [0.2, 0.25) is 12.3 Å². The molecular formula is C11H15F2NO. The monoisotopic (exact) mass is 215 g/mol. The van der Waals surface area contributed by atoms with Gasteiger partial charge in [-0.05, 0) is 19.3 Å². The second-order valence-corrected chi connectivity index (χ2v) is 4.32. The minimum Gasteiger partial charge on any atom is -0.341 e. The first-order valence-corrected chi connectivity index (χ1v) is 5.40. The molecule has 0 spiro atoms. The number of hydrogen-bond donors (Lipinski definition) is 0. The Morgan fingerprint density at radius 3 is 2.60 bits per heavy atom. The highest BCUT2D eigenvalue weighted by Gasteiger charge is 2.38. The molecule has 15 heavy (non-hydrogen) atoms. The van der Waals surface area contributed by atoms with Crippen LogP contribution in [0.3, 0.4) is 0 Å². The predicted octanol–water partition coefficient (Wildman–Crippen LogP) is 2.07. The topological polar surface area (TPSA) is 20.3 Å². The van der Waals surface area contributed by atoms with Gasteiger partial charge in [0, 0.05) is 19.0 Å². The van der Waals surface area contributed by atoms with Gasteiger partial charge < -0.3 is 4.90 Å². The molecule has 0 bridgehead atoms. The molecule has 1 saturated heterocycles. The zero-order chi connectivity index (χ0) is 10.8. The van der Waals surface area contributed by atoms with E-state index < -0.39 is 12.3 Å². The molecule has 4 heteroatoms. The van der Waals surface area contributed by atoms with Gasteiger partial charge >= 0.3 is 0 Å². The third-order valence-electron chi connectivity index (χ3n) is 3.20. The Morgan fingerprint density at radius 2 is 2.07 bits per heavy atom. The summed E-state index contributed by atoms with van der Waals surface area (Å²) in [6, 6.07) is 0. The minimum atomic E-state index is -2.28. The average molecular weight is 215 g/mol. The largest absolute Gasteiger partial charge is 0.341 e. The lowest BCUT2D eigenvalue weighted by atomic mass is 9.90. The van der Waals surface area contributed by atoms with Gasteiger partial charge in [0.15, 0.2) is 0 Å². The molecule has 0 saturated carbocycles. The summed E-state index contributed by atoms with van der Waals surface area (Å²) in [5.41, 5.74) is 0. The van der Waals surface area contributed by atoms with Crippen molar-refractivity contribution in [2.75, 3.05) is 13.1 Å². The van der Waals surface area contributed by atoms with E-state index in [2.05, 4.69) is 6.08 Å². The summed E-state index contributed by atoms with van der Waals surface area (Å²) in [5, 5.41) is 0. The molecule has 0 aromatic rings. The molecule has 0 radical (unpaired) electrons. The van der Waals surface area contributed by atoms with Gasteiger partial charge in [0.05, 0.1) is 5.92 Å². The van der Waals surface area contributed by atoms with Crippen LogP contribution in [0.25, 0.3) is 0 Å². The number of alkyl halides is 2. The first kappa shape index (κ1) is 10.6. The Hall–Kier alpha value is -0.930. The van der Waals surface area contributed by atoms with Crippen molar-refractivity contribution in [3.63, 3.8) is 0 Å². The van der Waals surface area contributed by atoms with E-state index >= 15 is 0 Å². The summed E-state index contributed by atoms with van der Waals surface area (Å²) >= 11 is 0. The predicted molar refractivity (Wildman–Crippen MR) is 52.6 cm³/mol. The van der Waals surface area contributed by atoms with E-state index in [1.807, 2.05) is 6.08 Å². The number of likely N-dealkylation sites (tertiary alicyclic amines) is 1. The average Bonchev–Trinajstić information content (AvgIpc) is 2.16. The van der Waals surface area contributed by atoms with Gasteiger partial charge in [-0.2, -0.15) is 0 Å². The normalized spacial score (nSPS) is 26.9. The molecule has 1 aliphatic carbocycles. The quantitative estimate of drug-likeness (QED) is 0.646. The van der Waals surface area contributed by atoms with Crippen molar-refractivity contribution in [2.45, 2.75) is 25.7 Å². The molecule has 1 fully saturated rings. The van der Waals surface area contributed by atoms with E-state index in [0.717, 1.165) is 19.3 Å². The molecule has 2 nitrogen and oxygen atoms in total. The Labute approximate surface area is 87.9 Å². The summed E-state index contributed by atoms with van der Waals surface area (Å²) in [4.78, 5) is 13.4. The van der Waals surface area contributed by atoms with Crippen LogP contribution in [0, 0.1) is 11.8 Å². The number of carbonyl (C=O) groups excluding carboxylic acids is 1. The molecule has 0 aromatic carbocycles. The van der Waals surface area contributed by atoms with Gasteiger partial charge in [0.25, 0.3) is 0 Å². The number of carbonyl (C=O) groups is 1. The molecule has 0 N–H and O–H groups in total. The maximum Gasteiger partial charge on any atom is 0.244 e. The summed E-state index contributed by atoms with van der Waals surface area (Å²) in [6.07, 6.45) is 4.38. The van der Waals surface area contributed by atoms with Gasteiger partial charge in [-0.25, -0.2) is 8.78 Å². The van der Waals surface area contributed by atoms with Crippen LogP contribution in [0.5, 0.6) is 0 Å². The van der Waals surface area contributed by atoms with Crippen molar-refractivity contribution >= 4 is 5.91 Å². The molecule has 0 unspecified atom stereocenters. The summed E-state index contributed by atoms with van der Waals surface area (Å²) < 4.78 is 24.4. The van der Waals surface area contributed by atoms with Crippen LogP contribution >= 0.6 is 0 Å². The van der Waals surface area contributed by atoms with Crippen molar-refractivity contribution in [1.29, 1.82) is 0 Å². The molecule has 1 amide bonds. The molecular weight excluding hydrogens is 200 g/mol. The van der Waals surface area contributed by atoms with Crippen LogP contribution in [-0.2, 0) is 4.79 Å². The van der Waals surface area contributed by atoms with E-state index in [9.17, 15) is 13.6 Å². The molecule has 1 heterocycles. The third kappa shape index (κ3) is 2.19. The van der Waals surface area contributed by atoms with Crippen LogP contribution in [0.15, 0.2) is 12.2 Å². The van der Waals surface area contributed by atoms with E-state index in [-0.39, 0.29) is 24.9 Å². The highest BCUT2D eigenvalue weighted by Crippen LogP contribution is 2.27. The van der Waals surface area contributed by atoms with Crippen molar-refractivity contribution < 1.29 is 13.6 Å². The van der Waals surface area contributed by atoms with Gasteiger partial charge in [-0.3, -0.25) is 4.79 Å². The molecule has 2 aliphatic rings. The van der Waals surface area contributed by atoms with Crippen LogP contribution in [0.4, 0.5) is 8.78 Å². The Bertz CT molecular complexity index is 272. The second-order valence-electron chi connectivity index (χ2n) is 4.32. The zero-order valence-corrected chi connectivity index (χ0v) is 8.53. The van der Waals surface area contributed by atoms with Crippen molar-refractivity contribution in [3.05, 3.63) is 12.2 Å². The fourth-order valence-corrected chi connectivity index (χ4v) is 2.13. The number of nitrogens with zero attached hydrogens (tertiary/aromatic N) is 1. The molecule has 0 aromatic heterocycles. The molecule has 2 rings (SSSR count). The van der Waals surface area contributed by atoms with Crippen LogP contribution in [-0.4, -0.2) is 30.3 Å².